The van der Waals surface area contributed by atoms with Gasteiger partial charge in [-0.1, -0.05) is 25.1 Å². The van der Waals surface area contributed by atoms with Gasteiger partial charge >= 0.3 is 0 Å². The summed E-state index contributed by atoms with van der Waals surface area (Å²) in [6, 6.07) is 4.19. The van der Waals surface area contributed by atoms with Crippen LogP contribution in [0.3, 0.4) is 0 Å². The fraction of sp³-hybridized carbons (Fsp3) is 0.417. The summed E-state index contributed by atoms with van der Waals surface area (Å²) in [6.07, 6.45) is 0. The van der Waals surface area contributed by atoms with Gasteiger partial charge in [0.1, 0.15) is 0 Å². The topological polar surface area (TPSA) is 50.4 Å². The molecule has 0 aromatic carbocycles. The number of hydrogen-bond donors (Lipinski definition) is 2. The van der Waals surface area contributed by atoms with Gasteiger partial charge in [-0.3, -0.25) is 4.99 Å². The van der Waals surface area contributed by atoms with Crippen molar-refractivity contribution in [3.63, 3.8) is 0 Å². The van der Waals surface area contributed by atoms with E-state index >= 15 is 0 Å². The predicted octanol–water partition coefficient (Wildman–Crippen LogP) is 2.95. The molecule has 96 valence electrons. The molecule has 0 spiro atoms. The van der Waals surface area contributed by atoms with Gasteiger partial charge in [0.05, 0.1) is 6.54 Å². The van der Waals surface area contributed by atoms with E-state index in [2.05, 4.69) is 41.3 Å². The van der Waals surface area contributed by atoms with E-state index in [9.17, 15) is 0 Å². The third kappa shape index (κ3) is 6.68. The number of nitrogens with two attached hydrogens (primary N) is 1. The van der Waals surface area contributed by atoms with E-state index in [1.54, 1.807) is 11.3 Å². The first-order valence-electron chi connectivity index (χ1n) is 5.31. The van der Waals surface area contributed by atoms with E-state index in [1.807, 2.05) is 6.92 Å². The van der Waals surface area contributed by atoms with Crippen molar-refractivity contribution in [2.75, 3.05) is 13.1 Å². The maximum atomic E-state index is 5.72. The molecule has 0 bridgehead atoms. The van der Waals surface area contributed by atoms with Crippen LogP contribution in [0.25, 0.3) is 0 Å². The molecule has 0 fully saturated rings. The molecule has 0 radical (unpaired) electrons. The molecule has 0 aliphatic heterocycles. The highest BCUT2D eigenvalue weighted by Gasteiger charge is 2.05. The van der Waals surface area contributed by atoms with Gasteiger partial charge in [0.2, 0.25) is 0 Å². The Labute approximate surface area is 124 Å². The summed E-state index contributed by atoms with van der Waals surface area (Å²) in [5, 5.41) is 5.10. The minimum Gasteiger partial charge on any atom is -0.370 e. The summed E-state index contributed by atoms with van der Waals surface area (Å²) in [5.74, 6) is 0.914. The smallest absolute Gasteiger partial charge is 0.188 e. The molecular weight excluding hydrogens is 345 g/mol. The number of nitrogens with zero attached hydrogens (tertiary/aromatic N) is 1. The number of hydrogen-bond acceptors (Lipinski definition) is 2. The third-order valence-corrected chi connectivity index (χ3v) is 3.24. The van der Waals surface area contributed by atoms with Gasteiger partial charge < -0.3 is 11.1 Å². The average Bonchev–Trinajstić information content (AvgIpc) is 2.76. The second-order valence-corrected chi connectivity index (χ2v) is 4.93. The van der Waals surface area contributed by atoms with Gasteiger partial charge in [-0.2, -0.15) is 0 Å². The van der Waals surface area contributed by atoms with E-state index in [4.69, 9.17) is 5.73 Å². The second kappa shape index (κ2) is 8.52. The molecule has 3 nitrogen and oxygen atoms in total. The molecular formula is C12H20IN3S. The minimum atomic E-state index is 0. The maximum absolute atomic E-state index is 5.72. The van der Waals surface area contributed by atoms with Crippen molar-refractivity contribution in [1.82, 2.24) is 5.32 Å². The van der Waals surface area contributed by atoms with Crippen molar-refractivity contribution in [1.29, 1.82) is 0 Å². The number of aliphatic imine (C=N–C) groups is 1. The van der Waals surface area contributed by atoms with Crippen LogP contribution in [-0.2, 0) is 0 Å². The van der Waals surface area contributed by atoms with Crippen LogP contribution in [-0.4, -0.2) is 19.0 Å². The predicted molar refractivity (Wildman–Crippen MR) is 87.5 cm³/mol. The van der Waals surface area contributed by atoms with Gasteiger partial charge in [-0.15, -0.1) is 35.3 Å². The number of thiophene rings is 1. The van der Waals surface area contributed by atoms with Gasteiger partial charge in [-0.05, 0) is 18.4 Å². The molecule has 3 N–H and O–H groups in total. The zero-order chi connectivity index (χ0) is 12.0. The summed E-state index contributed by atoms with van der Waals surface area (Å²) in [4.78, 5) is 5.64. The number of halogens is 1. The van der Waals surface area contributed by atoms with Gasteiger partial charge in [-0.25, -0.2) is 0 Å². The molecule has 17 heavy (non-hydrogen) atoms. The maximum Gasteiger partial charge on any atom is 0.188 e. The Hall–Kier alpha value is -0.560. The Morgan fingerprint density at radius 2 is 2.35 bits per heavy atom. The van der Waals surface area contributed by atoms with Crippen LogP contribution < -0.4 is 11.1 Å². The molecule has 1 aromatic rings. The first kappa shape index (κ1) is 16.4. The standard InChI is InChI=1S/C12H19N3S.HI/c1-9(2)7-14-12(13)15-8-10(3)11-5-4-6-16-11;/h4-6,10H,1,7-8H2,2-3H3,(H3,13,14,15);1H. The molecule has 5 heteroatoms. The average molecular weight is 365 g/mol. The molecule has 0 saturated carbocycles. The molecule has 1 aromatic heterocycles. The van der Waals surface area contributed by atoms with Crippen molar-refractivity contribution >= 4 is 41.3 Å². The summed E-state index contributed by atoms with van der Waals surface area (Å²) in [6.45, 7) is 9.30. The second-order valence-electron chi connectivity index (χ2n) is 3.95. The highest BCUT2D eigenvalue weighted by atomic mass is 127. The molecule has 0 aliphatic rings. The van der Waals surface area contributed by atoms with Crippen molar-refractivity contribution < 1.29 is 0 Å². The lowest BCUT2D eigenvalue weighted by molar-refractivity contribution is 0.782. The summed E-state index contributed by atoms with van der Waals surface area (Å²) in [5.41, 5.74) is 6.77. The monoisotopic (exact) mass is 365 g/mol. The molecule has 0 saturated heterocycles. The molecule has 0 amide bonds. The van der Waals surface area contributed by atoms with Gasteiger partial charge in [0.25, 0.3) is 0 Å². The zero-order valence-corrected chi connectivity index (χ0v) is 13.4. The molecule has 0 aliphatic carbocycles. The summed E-state index contributed by atoms with van der Waals surface area (Å²) < 4.78 is 0. The largest absolute Gasteiger partial charge is 0.370 e. The van der Waals surface area contributed by atoms with Crippen LogP contribution in [0, 0.1) is 0 Å². The lowest BCUT2D eigenvalue weighted by Crippen LogP contribution is -2.33. The first-order chi connectivity index (χ1) is 7.59. The van der Waals surface area contributed by atoms with Crippen molar-refractivity contribution in [3.8, 4) is 0 Å². The van der Waals surface area contributed by atoms with Crippen LogP contribution in [0.2, 0.25) is 0 Å². The number of rotatable bonds is 5. The van der Waals surface area contributed by atoms with Crippen LogP contribution in [0.4, 0.5) is 0 Å². The van der Waals surface area contributed by atoms with E-state index in [0.29, 0.717) is 18.4 Å². The van der Waals surface area contributed by atoms with E-state index < -0.39 is 0 Å². The highest BCUT2D eigenvalue weighted by Crippen LogP contribution is 2.20. The number of nitrogens with one attached hydrogen (secondary N) is 1. The van der Waals surface area contributed by atoms with E-state index in [1.165, 1.54) is 4.88 Å². The van der Waals surface area contributed by atoms with Crippen LogP contribution in [0.15, 0.2) is 34.7 Å². The lowest BCUT2D eigenvalue weighted by atomic mass is 10.1. The zero-order valence-electron chi connectivity index (χ0n) is 10.3. The quantitative estimate of drug-likeness (QED) is 0.365. The summed E-state index contributed by atoms with van der Waals surface area (Å²) in [7, 11) is 0. The molecule has 1 rings (SSSR count). The van der Waals surface area contributed by atoms with Crippen LogP contribution >= 0.6 is 35.3 Å². The van der Waals surface area contributed by atoms with Crippen LogP contribution in [0.1, 0.15) is 24.6 Å². The van der Waals surface area contributed by atoms with Crippen LogP contribution in [0.5, 0.6) is 0 Å². The SMILES string of the molecule is C=C(C)CNC(N)=NCC(C)c1cccs1.I. The fourth-order valence-corrected chi connectivity index (χ4v) is 1.97. The van der Waals surface area contributed by atoms with Gasteiger partial charge in [0.15, 0.2) is 5.96 Å². The van der Waals surface area contributed by atoms with E-state index in [0.717, 1.165) is 12.1 Å². The molecule has 1 heterocycles. The number of guanidine groups is 1. The first-order valence-corrected chi connectivity index (χ1v) is 6.19. The van der Waals surface area contributed by atoms with E-state index in [-0.39, 0.29) is 24.0 Å². The Balaban J connectivity index is 0.00000256. The Bertz CT molecular complexity index is 360. The van der Waals surface area contributed by atoms with Crippen molar-refractivity contribution in [2.24, 2.45) is 10.7 Å². The van der Waals surface area contributed by atoms with Gasteiger partial charge in [0, 0.05) is 17.3 Å². The Morgan fingerprint density at radius 3 is 2.88 bits per heavy atom. The summed E-state index contributed by atoms with van der Waals surface area (Å²) >= 11 is 1.76. The normalized spacial score (nSPS) is 12.7. The Morgan fingerprint density at radius 1 is 1.65 bits per heavy atom. The highest BCUT2D eigenvalue weighted by molar-refractivity contribution is 14.0. The van der Waals surface area contributed by atoms with Crippen molar-refractivity contribution in [2.45, 2.75) is 19.8 Å². The Kier molecular flexibility index (Phi) is 8.24. The lowest BCUT2D eigenvalue weighted by Gasteiger charge is -2.08. The fourth-order valence-electron chi connectivity index (χ4n) is 1.19. The van der Waals surface area contributed by atoms with Crippen molar-refractivity contribution in [3.05, 3.63) is 34.5 Å². The molecule has 1 unspecified atom stereocenters. The minimum absolute atomic E-state index is 0. The molecule has 1 atom stereocenters. The third-order valence-electron chi connectivity index (χ3n) is 2.14.